The first-order valence-electron chi connectivity index (χ1n) is 5.85. The van der Waals surface area contributed by atoms with E-state index in [2.05, 4.69) is 5.32 Å². The molecular weight excluding hydrogens is 264 g/mol. The molecule has 2 rings (SSSR count). The standard InChI is InChI=1S/C13H16N2O3S/c1-13(8-16,9-17)14-12(18)11-10(4-7-19-11)15-5-2-3-6-15/h2-7,16-17H,8-9H2,1H3,(H,14,18). The Kier molecular flexibility index (Phi) is 4.04. The first-order chi connectivity index (χ1) is 9.09. The van der Waals surface area contributed by atoms with Crippen molar-refractivity contribution < 1.29 is 15.0 Å². The number of aliphatic hydroxyl groups excluding tert-OH is 2. The van der Waals surface area contributed by atoms with Gasteiger partial charge in [0.1, 0.15) is 4.88 Å². The van der Waals surface area contributed by atoms with Gasteiger partial charge in [0.05, 0.1) is 24.4 Å². The summed E-state index contributed by atoms with van der Waals surface area (Å²) in [5, 5.41) is 22.9. The van der Waals surface area contributed by atoms with Crippen molar-refractivity contribution in [3.05, 3.63) is 40.8 Å². The molecule has 0 atom stereocenters. The summed E-state index contributed by atoms with van der Waals surface area (Å²) in [6.07, 6.45) is 3.71. The Morgan fingerprint density at radius 1 is 1.37 bits per heavy atom. The monoisotopic (exact) mass is 280 g/mol. The lowest BCUT2D eigenvalue weighted by Gasteiger charge is -2.26. The highest BCUT2D eigenvalue weighted by atomic mass is 32.1. The van der Waals surface area contributed by atoms with E-state index in [1.807, 2.05) is 40.5 Å². The zero-order chi connectivity index (χ0) is 13.9. The van der Waals surface area contributed by atoms with Gasteiger partial charge in [-0.25, -0.2) is 0 Å². The van der Waals surface area contributed by atoms with E-state index in [-0.39, 0.29) is 19.1 Å². The van der Waals surface area contributed by atoms with Crippen LogP contribution in [0.15, 0.2) is 36.0 Å². The number of aromatic nitrogens is 1. The third kappa shape index (κ3) is 2.86. The van der Waals surface area contributed by atoms with Crippen LogP contribution < -0.4 is 5.32 Å². The number of amides is 1. The molecule has 1 amide bonds. The molecular formula is C13H16N2O3S. The maximum atomic E-state index is 12.2. The Morgan fingerprint density at radius 3 is 2.58 bits per heavy atom. The Morgan fingerprint density at radius 2 is 2.00 bits per heavy atom. The van der Waals surface area contributed by atoms with Gasteiger partial charge in [0.15, 0.2) is 0 Å². The van der Waals surface area contributed by atoms with Crippen LogP contribution in [-0.4, -0.2) is 39.4 Å². The predicted octanol–water partition coefficient (Wildman–Crippen LogP) is 1.01. The summed E-state index contributed by atoms with van der Waals surface area (Å²) in [7, 11) is 0. The van der Waals surface area contributed by atoms with E-state index in [0.29, 0.717) is 4.88 Å². The van der Waals surface area contributed by atoms with Gasteiger partial charge in [-0.2, -0.15) is 0 Å². The van der Waals surface area contributed by atoms with Gasteiger partial charge in [0.2, 0.25) is 0 Å². The van der Waals surface area contributed by atoms with Gasteiger partial charge < -0.3 is 20.1 Å². The number of hydrogen-bond acceptors (Lipinski definition) is 4. The smallest absolute Gasteiger partial charge is 0.264 e. The Hall–Kier alpha value is -1.63. The van der Waals surface area contributed by atoms with E-state index in [1.54, 1.807) is 6.92 Å². The highest BCUT2D eigenvalue weighted by Gasteiger charge is 2.26. The van der Waals surface area contributed by atoms with Crippen molar-refractivity contribution in [3.8, 4) is 5.69 Å². The van der Waals surface area contributed by atoms with Gasteiger partial charge in [0.25, 0.3) is 5.91 Å². The highest BCUT2D eigenvalue weighted by Crippen LogP contribution is 2.22. The summed E-state index contributed by atoms with van der Waals surface area (Å²) in [5.41, 5.74) is -0.236. The molecule has 0 radical (unpaired) electrons. The largest absolute Gasteiger partial charge is 0.394 e. The highest BCUT2D eigenvalue weighted by molar-refractivity contribution is 7.12. The molecule has 19 heavy (non-hydrogen) atoms. The van der Waals surface area contributed by atoms with Gasteiger partial charge in [-0.1, -0.05) is 0 Å². The number of rotatable bonds is 5. The molecule has 3 N–H and O–H groups in total. The zero-order valence-electron chi connectivity index (χ0n) is 10.5. The normalized spacial score (nSPS) is 11.5. The van der Waals surface area contributed by atoms with Crippen LogP contribution in [0.5, 0.6) is 0 Å². The van der Waals surface area contributed by atoms with Gasteiger partial charge in [0, 0.05) is 12.4 Å². The maximum absolute atomic E-state index is 12.2. The molecule has 0 unspecified atom stereocenters. The second kappa shape index (κ2) is 5.56. The third-order valence-corrected chi connectivity index (χ3v) is 3.75. The SMILES string of the molecule is CC(CO)(CO)NC(=O)c1sccc1-n1cccc1. The van der Waals surface area contributed by atoms with Gasteiger partial charge in [-0.3, -0.25) is 4.79 Å². The van der Waals surface area contributed by atoms with Gasteiger partial charge in [-0.15, -0.1) is 11.3 Å². The van der Waals surface area contributed by atoms with Crippen LogP contribution >= 0.6 is 11.3 Å². The number of carbonyl (C=O) groups excluding carboxylic acids is 1. The maximum Gasteiger partial charge on any atom is 0.264 e. The lowest BCUT2D eigenvalue weighted by molar-refractivity contribution is 0.0727. The van der Waals surface area contributed by atoms with E-state index >= 15 is 0 Å². The molecule has 2 aromatic rings. The lowest BCUT2D eigenvalue weighted by atomic mass is 10.1. The molecule has 6 heteroatoms. The fraction of sp³-hybridized carbons (Fsp3) is 0.308. The predicted molar refractivity (Wildman–Crippen MR) is 73.7 cm³/mol. The van der Waals surface area contributed by atoms with Crippen molar-refractivity contribution in [2.24, 2.45) is 0 Å². The fourth-order valence-electron chi connectivity index (χ4n) is 1.63. The van der Waals surface area contributed by atoms with E-state index in [1.165, 1.54) is 11.3 Å². The molecule has 0 saturated heterocycles. The molecule has 0 spiro atoms. The fourth-order valence-corrected chi connectivity index (χ4v) is 2.42. The number of nitrogens with one attached hydrogen (secondary N) is 1. The summed E-state index contributed by atoms with van der Waals surface area (Å²) in [4.78, 5) is 12.8. The summed E-state index contributed by atoms with van der Waals surface area (Å²) < 4.78 is 1.85. The second-order valence-corrected chi connectivity index (χ2v) is 5.47. The lowest BCUT2D eigenvalue weighted by Crippen LogP contribution is -2.51. The minimum absolute atomic E-state index is 0.302. The number of carbonyl (C=O) groups is 1. The van der Waals surface area contributed by atoms with Crippen LogP contribution in [0.3, 0.4) is 0 Å². The summed E-state index contributed by atoms with van der Waals surface area (Å²) in [6.45, 7) is 0.951. The average Bonchev–Trinajstić information content (AvgIpc) is 3.08. The van der Waals surface area contributed by atoms with Crippen molar-refractivity contribution in [1.82, 2.24) is 9.88 Å². The Bertz CT molecular complexity index is 544. The molecule has 0 aliphatic carbocycles. The summed E-state index contributed by atoms with van der Waals surface area (Å²) in [5.74, 6) is -0.302. The first kappa shape index (κ1) is 13.8. The van der Waals surface area contributed by atoms with E-state index < -0.39 is 5.54 Å². The quantitative estimate of drug-likeness (QED) is 0.765. The molecule has 102 valence electrons. The molecule has 5 nitrogen and oxygen atoms in total. The van der Waals surface area contributed by atoms with Crippen molar-refractivity contribution in [2.75, 3.05) is 13.2 Å². The number of nitrogens with zero attached hydrogens (tertiary/aromatic N) is 1. The molecule has 2 heterocycles. The van der Waals surface area contributed by atoms with Crippen molar-refractivity contribution >= 4 is 17.2 Å². The summed E-state index contributed by atoms with van der Waals surface area (Å²) >= 11 is 1.32. The Labute approximate surface area is 115 Å². The number of thiophene rings is 1. The van der Waals surface area contributed by atoms with E-state index in [9.17, 15) is 15.0 Å². The number of aliphatic hydroxyl groups is 2. The van der Waals surface area contributed by atoms with Crippen LogP contribution in [0.25, 0.3) is 5.69 Å². The van der Waals surface area contributed by atoms with Crippen LogP contribution in [0.1, 0.15) is 16.6 Å². The second-order valence-electron chi connectivity index (χ2n) is 4.56. The molecule has 0 aliphatic heterocycles. The number of hydrogen-bond donors (Lipinski definition) is 3. The topological polar surface area (TPSA) is 74.5 Å². The molecule has 0 aliphatic rings. The first-order valence-corrected chi connectivity index (χ1v) is 6.73. The van der Waals surface area contributed by atoms with Crippen LogP contribution in [0, 0.1) is 0 Å². The minimum Gasteiger partial charge on any atom is -0.394 e. The van der Waals surface area contributed by atoms with Crippen LogP contribution in [0.4, 0.5) is 0 Å². The van der Waals surface area contributed by atoms with Crippen LogP contribution in [0.2, 0.25) is 0 Å². The van der Waals surface area contributed by atoms with E-state index in [0.717, 1.165) is 5.69 Å². The molecule has 0 aromatic carbocycles. The zero-order valence-corrected chi connectivity index (χ0v) is 11.4. The van der Waals surface area contributed by atoms with Crippen molar-refractivity contribution in [2.45, 2.75) is 12.5 Å². The van der Waals surface area contributed by atoms with Crippen LogP contribution in [-0.2, 0) is 0 Å². The van der Waals surface area contributed by atoms with Gasteiger partial charge >= 0.3 is 0 Å². The van der Waals surface area contributed by atoms with Crippen molar-refractivity contribution in [1.29, 1.82) is 0 Å². The molecule has 2 aromatic heterocycles. The third-order valence-electron chi connectivity index (χ3n) is 2.85. The summed E-state index contributed by atoms with van der Waals surface area (Å²) in [6, 6.07) is 5.62. The molecule has 0 saturated carbocycles. The van der Waals surface area contributed by atoms with Crippen molar-refractivity contribution in [3.63, 3.8) is 0 Å². The average molecular weight is 280 g/mol. The van der Waals surface area contributed by atoms with Gasteiger partial charge in [-0.05, 0) is 30.5 Å². The minimum atomic E-state index is -1.02. The molecule has 0 fully saturated rings. The van der Waals surface area contributed by atoms with E-state index in [4.69, 9.17) is 0 Å². The Balaban J connectivity index is 2.24. The molecule has 0 bridgehead atoms.